The molecule has 0 amide bonds. The van der Waals surface area contributed by atoms with Crippen molar-refractivity contribution < 1.29 is 0 Å². The van der Waals surface area contributed by atoms with E-state index in [4.69, 9.17) is 9.97 Å². The Hall–Kier alpha value is -3.00. The first-order valence-electron chi connectivity index (χ1n) is 8.13. The Balaban J connectivity index is 2.06. The van der Waals surface area contributed by atoms with Crippen molar-refractivity contribution in [2.75, 3.05) is 0 Å². The SMILES string of the molecule is Cc1cccc(C)c1-c1nc(-c2ccccc2)c2ccccc2n1. The molecule has 0 bridgehead atoms. The molecule has 0 aliphatic carbocycles. The van der Waals surface area contributed by atoms with E-state index in [1.807, 2.05) is 30.3 Å². The Morgan fingerprint density at radius 2 is 1.29 bits per heavy atom. The Morgan fingerprint density at radius 3 is 2.04 bits per heavy atom. The van der Waals surface area contributed by atoms with E-state index in [-0.39, 0.29) is 0 Å². The maximum Gasteiger partial charge on any atom is 0.160 e. The number of fused-ring (bicyclic) bond motifs is 1. The van der Waals surface area contributed by atoms with Crippen LogP contribution in [0.5, 0.6) is 0 Å². The average Bonchev–Trinajstić information content (AvgIpc) is 2.62. The molecule has 0 aliphatic rings. The lowest BCUT2D eigenvalue weighted by atomic mass is 10.0. The molecule has 24 heavy (non-hydrogen) atoms. The molecule has 0 saturated carbocycles. The molecule has 116 valence electrons. The van der Waals surface area contributed by atoms with Crippen LogP contribution in [0.4, 0.5) is 0 Å². The zero-order valence-electron chi connectivity index (χ0n) is 13.8. The summed E-state index contributed by atoms with van der Waals surface area (Å²) in [6.45, 7) is 4.23. The minimum Gasteiger partial charge on any atom is -0.228 e. The van der Waals surface area contributed by atoms with E-state index in [2.05, 4.69) is 56.3 Å². The van der Waals surface area contributed by atoms with Crippen molar-refractivity contribution in [2.24, 2.45) is 0 Å². The third-order valence-corrected chi connectivity index (χ3v) is 4.36. The molecule has 0 aliphatic heterocycles. The van der Waals surface area contributed by atoms with Gasteiger partial charge in [0.25, 0.3) is 0 Å². The number of hydrogen-bond acceptors (Lipinski definition) is 2. The van der Waals surface area contributed by atoms with Gasteiger partial charge in [-0.15, -0.1) is 0 Å². The van der Waals surface area contributed by atoms with E-state index >= 15 is 0 Å². The van der Waals surface area contributed by atoms with Crippen molar-refractivity contribution in [1.82, 2.24) is 9.97 Å². The van der Waals surface area contributed by atoms with Crippen LogP contribution >= 0.6 is 0 Å². The molecule has 2 heteroatoms. The Morgan fingerprint density at radius 1 is 0.625 bits per heavy atom. The van der Waals surface area contributed by atoms with Gasteiger partial charge in [0.05, 0.1) is 11.2 Å². The Kier molecular flexibility index (Phi) is 3.58. The fraction of sp³-hybridized carbons (Fsp3) is 0.0909. The van der Waals surface area contributed by atoms with Crippen molar-refractivity contribution in [1.29, 1.82) is 0 Å². The summed E-state index contributed by atoms with van der Waals surface area (Å²) in [7, 11) is 0. The van der Waals surface area contributed by atoms with E-state index in [0.717, 1.165) is 33.5 Å². The molecular formula is C22H18N2. The molecule has 0 saturated heterocycles. The lowest BCUT2D eigenvalue weighted by Gasteiger charge is -2.12. The molecule has 0 atom stereocenters. The zero-order valence-corrected chi connectivity index (χ0v) is 13.8. The van der Waals surface area contributed by atoms with Crippen LogP contribution in [-0.4, -0.2) is 9.97 Å². The topological polar surface area (TPSA) is 25.8 Å². The highest BCUT2D eigenvalue weighted by Crippen LogP contribution is 2.31. The zero-order chi connectivity index (χ0) is 16.5. The normalized spacial score (nSPS) is 10.9. The average molecular weight is 310 g/mol. The lowest BCUT2D eigenvalue weighted by molar-refractivity contribution is 1.20. The molecule has 0 unspecified atom stereocenters. The molecule has 0 spiro atoms. The molecule has 0 radical (unpaired) electrons. The van der Waals surface area contributed by atoms with Crippen LogP contribution in [0.25, 0.3) is 33.5 Å². The second kappa shape index (κ2) is 5.89. The highest BCUT2D eigenvalue weighted by atomic mass is 14.9. The predicted octanol–water partition coefficient (Wildman–Crippen LogP) is 5.58. The van der Waals surface area contributed by atoms with Gasteiger partial charge in [-0.3, -0.25) is 0 Å². The number of hydrogen-bond donors (Lipinski definition) is 0. The molecule has 1 aromatic heterocycles. The maximum atomic E-state index is 4.95. The largest absolute Gasteiger partial charge is 0.228 e. The monoisotopic (exact) mass is 310 g/mol. The van der Waals surface area contributed by atoms with Gasteiger partial charge < -0.3 is 0 Å². The van der Waals surface area contributed by atoms with E-state index < -0.39 is 0 Å². The van der Waals surface area contributed by atoms with Gasteiger partial charge in [0.1, 0.15) is 0 Å². The molecule has 3 aromatic carbocycles. The highest BCUT2D eigenvalue weighted by Gasteiger charge is 2.13. The number of para-hydroxylation sites is 1. The van der Waals surface area contributed by atoms with Gasteiger partial charge in [-0.05, 0) is 31.0 Å². The smallest absolute Gasteiger partial charge is 0.160 e. The van der Waals surface area contributed by atoms with Gasteiger partial charge in [0, 0.05) is 16.5 Å². The molecule has 0 fully saturated rings. The first-order chi connectivity index (χ1) is 11.7. The number of aryl methyl sites for hydroxylation is 2. The van der Waals surface area contributed by atoms with Gasteiger partial charge in [0.15, 0.2) is 5.82 Å². The summed E-state index contributed by atoms with van der Waals surface area (Å²) in [5.41, 5.74) is 6.60. The van der Waals surface area contributed by atoms with Crippen LogP contribution < -0.4 is 0 Å². The van der Waals surface area contributed by atoms with Crippen LogP contribution in [0.1, 0.15) is 11.1 Å². The van der Waals surface area contributed by atoms with Crippen molar-refractivity contribution >= 4 is 10.9 Å². The summed E-state index contributed by atoms with van der Waals surface area (Å²) in [4.78, 5) is 9.79. The number of nitrogens with zero attached hydrogens (tertiary/aromatic N) is 2. The van der Waals surface area contributed by atoms with Crippen LogP contribution in [0, 0.1) is 13.8 Å². The fourth-order valence-corrected chi connectivity index (χ4v) is 3.17. The van der Waals surface area contributed by atoms with E-state index in [0.29, 0.717) is 0 Å². The van der Waals surface area contributed by atoms with Crippen LogP contribution in [0.15, 0.2) is 72.8 Å². The van der Waals surface area contributed by atoms with Crippen molar-refractivity contribution in [2.45, 2.75) is 13.8 Å². The van der Waals surface area contributed by atoms with Gasteiger partial charge in [0.2, 0.25) is 0 Å². The van der Waals surface area contributed by atoms with Crippen LogP contribution in [-0.2, 0) is 0 Å². The van der Waals surface area contributed by atoms with E-state index in [1.54, 1.807) is 0 Å². The number of rotatable bonds is 2. The Labute approximate surface area is 141 Å². The molecule has 4 rings (SSSR count). The summed E-state index contributed by atoms with van der Waals surface area (Å²) in [5, 5.41) is 1.08. The first-order valence-corrected chi connectivity index (χ1v) is 8.13. The minimum atomic E-state index is 0.795. The standard InChI is InChI=1S/C22H18N2/c1-15-9-8-10-16(2)20(15)22-23-19-14-7-6-13-18(19)21(24-22)17-11-4-3-5-12-17/h3-14H,1-2H3. The van der Waals surface area contributed by atoms with Gasteiger partial charge in [-0.25, -0.2) is 9.97 Å². The highest BCUT2D eigenvalue weighted by molar-refractivity contribution is 5.93. The minimum absolute atomic E-state index is 0.795. The summed E-state index contributed by atoms with van der Waals surface area (Å²) >= 11 is 0. The Bertz CT molecular complexity index is 1000. The van der Waals surface area contributed by atoms with Crippen molar-refractivity contribution in [3.8, 4) is 22.6 Å². The third-order valence-electron chi connectivity index (χ3n) is 4.36. The molecule has 4 aromatic rings. The van der Waals surface area contributed by atoms with Crippen molar-refractivity contribution in [3.05, 3.63) is 83.9 Å². The molecule has 1 heterocycles. The lowest BCUT2D eigenvalue weighted by Crippen LogP contribution is -1.98. The predicted molar refractivity (Wildman–Crippen MR) is 99.9 cm³/mol. The summed E-state index contributed by atoms with van der Waals surface area (Å²) < 4.78 is 0. The summed E-state index contributed by atoms with van der Waals surface area (Å²) in [6, 6.07) is 24.8. The summed E-state index contributed by atoms with van der Waals surface area (Å²) in [6.07, 6.45) is 0. The van der Waals surface area contributed by atoms with E-state index in [1.165, 1.54) is 11.1 Å². The third kappa shape index (κ3) is 2.46. The number of benzene rings is 3. The van der Waals surface area contributed by atoms with Gasteiger partial charge in [-0.1, -0.05) is 66.7 Å². The van der Waals surface area contributed by atoms with Crippen LogP contribution in [0.3, 0.4) is 0 Å². The molecule has 2 nitrogen and oxygen atoms in total. The van der Waals surface area contributed by atoms with Gasteiger partial charge >= 0.3 is 0 Å². The second-order valence-electron chi connectivity index (χ2n) is 6.05. The quantitative estimate of drug-likeness (QED) is 0.483. The molecule has 0 N–H and O–H groups in total. The maximum absolute atomic E-state index is 4.95. The van der Waals surface area contributed by atoms with Gasteiger partial charge in [-0.2, -0.15) is 0 Å². The first kappa shape index (κ1) is 14.6. The molecular weight excluding hydrogens is 292 g/mol. The van der Waals surface area contributed by atoms with E-state index in [9.17, 15) is 0 Å². The number of aromatic nitrogens is 2. The van der Waals surface area contributed by atoms with Crippen molar-refractivity contribution in [3.63, 3.8) is 0 Å². The summed E-state index contributed by atoms with van der Waals surface area (Å²) in [5.74, 6) is 0.795. The van der Waals surface area contributed by atoms with Crippen LogP contribution in [0.2, 0.25) is 0 Å². The fourth-order valence-electron chi connectivity index (χ4n) is 3.17. The second-order valence-corrected chi connectivity index (χ2v) is 6.05.